The molecule has 0 radical (unpaired) electrons. The summed E-state index contributed by atoms with van der Waals surface area (Å²) in [6.45, 7) is 4.72. The van der Waals surface area contributed by atoms with Crippen LogP contribution in [0.5, 0.6) is 0 Å². The maximum Gasteiger partial charge on any atom is 0.270 e. The number of nitro groups is 1. The van der Waals surface area contributed by atoms with E-state index < -0.39 is 4.92 Å². The zero-order valence-corrected chi connectivity index (χ0v) is 10.3. The Bertz CT molecular complexity index is 674. The quantitative estimate of drug-likeness (QED) is 0.617. The maximum absolute atomic E-state index is 11.9. The van der Waals surface area contributed by atoms with Gasteiger partial charge in [-0.3, -0.25) is 14.9 Å². The molecule has 0 saturated heterocycles. The first-order valence-corrected chi connectivity index (χ1v) is 5.83. The van der Waals surface area contributed by atoms with E-state index in [9.17, 15) is 14.9 Å². The molecule has 94 valence electrons. The fourth-order valence-corrected chi connectivity index (χ4v) is 2.13. The van der Waals surface area contributed by atoms with Gasteiger partial charge >= 0.3 is 0 Å². The number of fused-ring (bicyclic) bond motifs is 1. The summed E-state index contributed by atoms with van der Waals surface area (Å²) >= 11 is 0. The van der Waals surface area contributed by atoms with Crippen molar-refractivity contribution >= 4 is 16.6 Å². The van der Waals surface area contributed by atoms with E-state index in [-0.39, 0.29) is 11.1 Å². The van der Waals surface area contributed by atoms with Crippen molar-refractivity contribution in [3.05, 3.63) is 50.3 Å². The second-order valence-electron chi connectivity index (χ2n) is 4.26. The molecule has 1 aromatic heterocycles. The Kier molecular flexibility index (Phi) is 3.14. The topological polar surface area (TPSA) is 65.1 Å². The van der Waals surface area contributed by atoms with Crippen LogP contribution < -0.4 is 5.43 Å². The number of pyridine rings is 1. The van der Waals surface area contributed by atoms with Crippen molar-refractivity contribution in [3.63, 3.8) is 0 Å². The molecule has 1 aromatic carbocycles. The van der Waals surface area contributed by atoms with Crippen molar-refractivity contribution < 1.29 is 4.92 Å². The van der Waals surface area contributed by atoms with Gasteiger partial charge in [0.15, 0.2) is 5.43 Å². The SMILES string of the molecule is CCCn1c(C)cc(=O)c2cc([N+](=O)[O-])ccc21. The molecule has 0 amide bonds. The van der Waals surface area contributed by atoms with E-state index >= 15 is 0 Å². The van der Waals surface area contributed by atoms with Crippen molar-refractivity contribution in [2.24, 2.45) is 0 Å². The van der Waals surface area contributed by atoms with Crippen LogP contribution in [0, 0.1) is 17.0 Å². The van der Waals surface area contributed by atoms with E-state index in [4.69, 9.17) is 0 Å². The van der Waals surface area contributed by atoms with Crippen LogP contribution in [0.25, 0.3) is 10.9 Å². The first-order valence-electron chi connectivity index (χ1n) is 5.83. The third kappa shape index (κ3) is 1.99. The predicted molar refractivity (Wildman–Crippen MR) is 69.9 cm³/mol. The number of nitro benzene ring substituents is 1. The van der Waals surface area contributed by atoms with E-state index in [1.807, 2.05) is 11.5 Å². The van der Waals surface area contributed by atoms with Gasteiger partial charge in [0.1, 0.15) is 0 Å². The van der Waals surface area contributed by atoms with Gasteiger partial charge in [-0.25, -0.2) is 0 Å². The lowest BCUT2D eigenvalue weighted by atomic mass is 10.1. The van der Waals surface area contributed by atoms with Crippen LogP contribution in [-0.2, 0) is 6.54 Å². The molecule has 0 bridgehead atoms. The van der Waals surface area contributed by atoms with Crippen LogP contribution in [0.2, 0.25) is 0 Å². The van der Waals surface area contributed by atoms with Crippen LogP contribution in [0.15, 0.2) is 29.1 Å². The van der Waals surface area contributed by atoms with Crippen LogP contribution >= 0.6 is 0 Å². The van der Waals surface area contributed by atoms with Gasteiger partial charge in [-0.05, 0) is 19.4 Å². The number of hydrogen-bond acceptors (Lipinski definition) is 3. The van der Waals surface area contributed by atoms with Crippen LogP contribution in [0.3, 0.4) is 0 Å². The van der Waals surface area contributed by atoms with Gasteiger partial charge in [0, 0.05) is 30.4 Å². The van der Waals surface area contributed by atoms with E-state index in [2.05, 4.69) is 6.92 Å². The summed E-state index contributed by atoms with van der Waals surface area (Å²) in [5.74, 6) is 0. The zero-order chi connectivity index (χ0) is 13.3. The van der Waals surface area contributed by atoms with Gasteiger partial charge < -0.3 is 4.57 Å². The van der Waals surface area contributed by atoms with Gasteiger partial charge in [0.2, 0.25) is 0 Å². The first-order chi connectivity index (χ1) is 8.54. The van der Waals surface area contributed by atoms with E-state index in [0.29, 0.717) is 5.39 Å². The standard InChI is InChI=1S/C13H14N2O3/c1-3-6-14-9(2)7-13(16)11-8-10(15(17)18)4-5-12(11)14/h4-5,7-8H,3,6H2,1-2H3. The average molecular weight is 246 g/mol. The molecule has 18 heavy (non-hydrogen) atoms. The molecule has 0 atom stereocenters. The third-order valence-corrected chi connectivity index (χ3v) is 2.96. The molecule has 0 unspecified atom stereocenters. The molecule has 0 aliphatic carbocycles. The van der Waals surface area contributed by atoms with Crippen molar-refractivity contribution in [1.82, 2.24) is 4.57 Å². The minimum absolute atomic E-state index is 0.0495. The molecule has 1 heterocycles. The molecule has 0 fully saturated rings. The Balaban J connectivity index is 2.80. The summed E-state index contributed by atoms with van der Waals surface area (Å²) < 4.78 is 2.01. The minimum atomic E-state index is -0.483. The predicted octanol–water partition coefficient (Wildman–Crippen LogP) is 2.63. The number of rotatable bonds is 3. The molecule has 2 aromatic rings. The Morgan fingerprint density at radius 3 is 2.67 bits per heavy atom. The highest BCUT2D eigenvalue weighted by Crippen LogP contribution is 2.19. The van der Waals surface area contributed by atoms with Crippen LogP contribution in [-0.4, -0.2) is 9.49 Å². The Hall–Kier alpha value is -2.17. The maximum atomic E-state index is 11.9. The fourth-order valence-electron chi connectivity index (χ4n) is 2.13. The summed E-state index contributed by atoms with van der Waals surface area (Å²) in [4.78, 5) is 22.1. The van der Waals surface area contributed by atoms with Crippen molar-refractivity contribution in [3.8, 4) is 0 Å². The molecule has 0 saturated carbocycles. The lowest BCUT2D eigenvalue weighted by molar-refractivity contribution is -0.384. The summed E-state index contributed by atoms with van der Waals surface area (Å²) in [6.07, 6.45) is 0.940. The van der Waals surface area contributed by atoms with Crippen molar-refractivity contribution in [1.29, 1.82) is 0 Å². The monoisotopic (exact) mass is 246 g/mol. The van der Waals surface area contributed by atoms with Gasteiger partial charge in [-0.2, -0.15) is 0 Å². The number of nitrogens with zero attached hydrogens (tertiary/aromatic N) is 2. The van der Waals surface area contributed by atoms with Crippen LogP contribution in [0.1, 0.15) is 19.0 Å². The summed E-state index contributed by atoms with van der Waals surface area (Å²) in [6, 6.07) is 5.97. The summed E-state index contributed by atoms with van der Waals surface area (Å²) in [5.41, 5.74) is 1.42. The number of non-ortho nitro benzene ring substituents is 1. The van der Waals surface area contributed by atoms with Gasteiger partial charge in [0.05, 0.1) is 15.8 Å². The highest BCUT2D eigenvalue weighted by Gasteiger charge is 2.11. The second kappa shape index (κ2) is 4.60. The molecule has 0 N–H and O–H groups in total. The summed E-state index contributed by atoms with van der Waals surface area (Å²) in [7, 11) is 0. The first kappa shape index (κ1) is 12.3. The molecular weight excluding hydrogens is 232 g/mol. The fraction of sp³-hybridized carbons (Fsp3) is 0.308. The summed E-state index contributed by atoms with van der Waals surface area (Å²) in [5, 5.41) is 11.1. The molecule has 5 heteroatoms. The Morgan fingerprint density at radius 1 is 1.33 bits per heavy atom. The lowest BCUT2D eigenvalue weighted by Gasteiger charge is -2.13. The number of aryl methyl sites for hydroxylation is 2. The third-order valence-electron chi connectivity index (χ3n) is 2.96. The molecule has 0 aliphatic heterocycles. The van der Waals surface area contributed by atoms with Gasteiger partial charge in [-0.1, -0.05) is 6.92 Å². The average Bonchev–Trinajstić information content (AvgIpc) is 2.33. The Morgan fingerprint density at radius 2 is 2.06 bits per heavy atom. The van der Waals surface area contributed by atoms with Crippen molar-refractivity contribution in [2.45, 2.75) is 26.8 Å². The van der Waals surface area contributed by atoms with Crippen molar-refractivity contribution in [2.75, 3.05) is 0 Å². The minimum Gasteiger partial charge on any atom is -0.345 e. The molecular formula is C13H14N2O3. The second-order valence-corrected chi connectivity index (χ2v) is 4.26. The molecule has 2 rings (SSSR count). The normalized spacial score (nSPS) is 10.8. The molecule has 5 nitrogen and oxygen atoms in total. The Labute approximate surface area is 104 Å². The number of benzene rings is 1. The van der Waals surface area contributed by atoms with E-state index in [1.54, 1.807) is 6.07 Å². The molecule has 0 spiro atoms. The van der Waals surface area contributed by atoms with Gasteiger partial charge in [-0.15, -0.1) is 0 Å². The highest BCUT2D eigenvalue weighted by atomic mass is 16.6. The number of aromatic nitrogens is 1. The zero-order valence-electron chi connectivity index (χ0n) is 10.3. The molecule has 0 aliphatic rings. The van der Waals surface area contributed by atoms with Crippen LogP contribution in [0.4, 0.5) is 5.69 Å². The highest BCUT2D eigenvalue weighted by molar-refractivity contribution is 5.81. The van der Waals surface area contributed by atoms with E-state index in [0.717, 1.165) is 24.2 Å². The lowest BCUT2D eigenvalue weighted by Crippen LogP contribution is -2.12. The smallest absolute Gasteiger partial charge is 0.270 e. The van der Waals surface area contributed by atoms with Gasteiger partial charge in [0.25, 0.3) is 5.69 Å². The largest absolute Gasteiger partial charge is 0.345 e. The number of hydrogen-bond donors (Lipinski definition) is 0. The van der Waals surface area contributed by atoms with E-state index in [1.165, 1.54) is 18.2 Å².